The molecule has 0 aromatic rings. The number of fused-ring (bicyclic) bond motifs is 1. The molecule has 0 radical (unpaired) electrons. The summed E-state index contributed by atoms with van der Waals surface area (Å²) in [4.78, 5) is 33.7. The number of carbonyl (C=O) groups is 2. The van der Waals surface area contributed by atoms with Crippen molar-refractivity contribution in [2.75, 3.05) is 7.05 Å². The highest BCUT2D eigenvalue weighted by molar-refractivity contribution is 6.71. The third kappa shape index (κ3) is 0.714. The Morgan fingerprint density at radius 2 is 2.17 bits per heavy atom. The van der Waals surface area contributed by atoms with Crippen molar-refractivity contribution in [3.8, 4) is 0 Å². The summed E-state index contributed by atoms with van der Waals surface area (Å²) in [6.45, 7) is 0. The van der Waals surface area contributed by atoms with E-state index in [9.17, 15) is 9.59 Å². The summed E-state index contributed by atoms with van der Waals surface area (Å²) in [6.07, 6.45) is 1.12. The van der Waals surface area contributed by atoms with E-state index < -0.39 is 11.9 Å². The van der Waals surface area contributed by atoms with E-state index in [2.05, 4.69) is 15.0 Å². The van der Waals surface area contributed by atoms with Crippen molar-refractivity contribution >= 4 is 29.8 Å². The summed E-state index contributed by atoms with van der Waals surface area (Å²) in [6, 6.07) is -0.484. The standard InChI is InChI=1S/C6H4N4O2/c1-10-4-3(9-6(10)12)5(11)8-2-7-4/h2H,1H3. The molecule has 0 aromatic carbocycles. The van der Waals surface area contributed by atoms with Crippen molar-refractivity contribution in [2.45, 2.75) is 0 Å². The molecule has 0 N–H and O–H groups in total. The Kier molecular flexibility index (Phi) is 1.18. The summed E-state index contributed by atoms with van der Waals surface area (Å²) >= 11 is 0. The van der Waals surface area contributed by atoms with E-state index in [0.29, 0.717) is 0 Å². The first-order valence-corrected chi connectivity index (χ1v) is 3.21. The Bertz CT molecular complexity index is 366. The summed E-state index contributed by atoms with van der Waals surface area (Å²) in [5, 5.41) is 0. The van der Waals surface area contributed by atoms with Gasteiger partial charge in [0, 0.05) is 7.05 Å². The molecule has 2 heterocycles. The predicted molar refractivity (Wildman–Crippen MR) is 41.5 cm³/mol. The number of rotatable bonds is 0. The zero-order chi connectivity index (χ0) is 8.72. The van der Waals surface area contributed by atoms with Gasteiger partial charge in [-0.2, -0.15) is 9.98 Å². The van der Waals surface area contributed by atoms with Crippen molar-refractivity contribution in [2.24, 2.45) is 15.0 Å². The van der Waals surface area contributed by atoms with Crippen LogP contribution in [0.25, 0.3) is 0 Å². The fourth-order valence-corrected chi connectivity index (χ4v) is 0.958. The first-order valence-electron chi connectivity index (χ1n) is 3.21. The van der Waals surface area contributed by atoms with Crippen LogP contribution in [0.3, 0.4) is 0 Å². The highest BCUT2D eigenvalue weighted by atomic mass is 16.2. The van der Waals surface area contributed by atoms with Crippen molar-refractivity contribution < 1.29 is 9.59 Å². The van der Waals surface area contributed by atoms with Gasteiger partial charge in [0.25, 0.3) is 0 Å². The van der Waals surface area contributed by atoms with Crippen LogP contribution in [0.1, 0.15) is 0 Å². The molecule has 2 aliphatic rings. The van der Waals surface area contributed by atoms with Crippen LogP contribution in [-0.2, 0) is 4.79 Å². The number of urea groups is 1. The lowest BCUT2D eigenvalue weighted by molar-refractivity contribution is -0.111. The third-order valence-electron chi connectivity index (χ3n) is 1.58. The Hall–Kier alpha value is -1.85. The predicted octanol–water partition coefficient (Wildman–Crippen LogP) is -0.540. The van der Waals surface area contributed by atoms with Crippen LogP contribution in [0.2, 0.25) is 0 Å². The van der Waals surface area contributed by atoms with Crippen LogP contribution in [-0.4, -0.2) is 41.8 Å². The monoisotopic (exact) mass is 164 g/mol. The molecule has 0 saturated carbocycles. The molecule has 3 amide bonds. The van der Waals surface area contributed by atoms with E-state index in [1.54, 1.807) is 0 Å². The van der Waals surface area contributed by atoms with Crippen LogP contribution < -0.4 is 0 Å². The number of hydrogen-bond donors (Lipinski definition) is 0. The minimum Gasteiger partial charge on any atom is -0.278 e. The topological polar surface area (TPSA) is 74.5 Å². The smallest absolute Gasteiger partial charge is 0.278 e. The van der Waals surface area contributed by atoms with Gasteiger partial charge in [-0.3, -0.25) is 9.69 Å². The number of aliphatic imine (C=N–C) groups is 3. The number of carbonyl (C=O) groups excluding carboxylic acids is 2. The molecular weight excluding hydrogens is 160 g/mol. The number of amidine groups is 1. The van der Waals surface area contributed by atoms with E-state index in [0.717, 1.165) is 6.34 Å². The molecule has 0 aromatic heterocycles. The Labute approximate surface area is 67.3 Å². The Balaban J connectivity index is 2.54. The molecule has 6 heteroatoms. The largest absolute Gasteiger partial charge is 0.349 e. The van der Waals surface area contributed by atoms with Crippen LogP contribution in [0, 0.1) is 0 Å². The molecular formula is C6H4N4O2. The fourth-order valence-electron chi connectivity index (χ4n) is 0.958. The lowest BCUT2D eigenvalue weighted by Crippen LogP contribution is -2.33. The SMILES string of the molecule is CN1C(=O)N=C2C(=O)N=CN=C21. The average molecular weight is 164 g/mol. The van der Waals surface area contributed by atoms with Gasteiger partial charge in [-0.05, 0) is 0 Å². The van der Waals surface area contributed by atoms with Gasteiger partial charge >= 0.3 is 11.9 Å². The minimum absolute atomic E-state index is 0.0324. The quantitative estimate of drug-likeness (QED) is 0.482. The first kappa shape index (κ1) is 6.84. The van der Waals surface area contributed by atoms with Gasteiger partial charge in [-0.25, -0.2) is 9.79 Å². The van der Waals surface area contributed by atoms with Gasteiger partial charge in [0.15, 0.2) is 11.5 Å². The minimum atomic E-state index is -0.516. The van der Waals surface area contributed by atoms with Gasteiger partial charge in [0.1, 0.15) is 6.34 Å². The second-order valence-corrected chi connectivity index (χ2v) is 2.30. The van der Waals surface area contributed by atoms with Crippen molar-refractivity contribution in [3.63, 3.8) is 0 Å². The van der Waals surface area contributed by atoms with Gasteiger partial charge in [-0.15, -0.1) is 0 Å². The summed E-state index contributed by atoms with van der Waals surface area (Å²) in [5.41, 5.74) is 0.0324. The Morgan fingerprint density at radius 3 is 2.83 bits per heavy atom. The Morgan fingerprint density at radius 1 is 1.42 bits per heavy atom. The summed E-state index contributed by atoms with van der Waals surface area (Å²) in [5.74, 6) is -0.238. The molecule has 0 unspecified atom stereocenters. The van der Waals surface area contributed by atoms with Gasteiger partial charge < -0.3 is 0 Å². The van der Waals surface area contributed by atoms with Crippen molar-refractivity contribution in [1.29, 1.82) is 0 Å². The molecule has 0 fully saturated rings. The zero-order valence-electron chi connectivity index (χ0n) is 6.18. The molecule has 6 nitrogen and oxygen atoms in total. The van der Waals surface area contributed by atoms with Crippen molar-refractivity contribution in [1.82, 2.24) is 4.90 Å². The number of nitrogens with zero attached hydrogens (tertiary/aromatic N) is 4. The third-order valence-corrected chi connectivity index (χ3v) is 1.58. The second-order valence-electron chi connectivity index (χ2n) is 2.30. The van der Waals surface area contributed by atoms with Gasteiger partial charge in [0.2, 0.25) is 0 Å². The normalized spacial score (nSPS) is 20.9. The molecule has 0 atom stereocenters. The molecule has 0 bridgehead atoms. The lowest BCUT2D eigenvalue weighted by atomic mass is 10.3. The van der Waals surface area contributed by atoms with E-state index in [4.69, 9.17) is 0 Å². The van der Waals surface area contributed by atoms with E-state index >= 15 is 0 Å². The maximum absolute atomic E-state index is 11.0. The van der Waals surface area contributed by atoms with E-state index in [1.165, 1.54) is 11.9 Å². The van der Waals surface area contributed by atoms with Crippen LogP contribution in [0.15, 0.2) is 15.0 Å². The summed E-state index contributed by atoms with van der Waals surface area (Å²) in [7, 11) is 1.50. The van der Waals surface area contributed by atoms with Crippen LogP contribution in [0.5, 0.6) is 0 Å². The maximum Gasteiger partial charge on any atom is 0.349 e. The number of hydrogen-bond acceptors (Lipinski definition) is 3. The van der Waals surface area contributed by atoms with Crippen LogP contribution >= 0.6 is 0 Å². The highest BCUT2D eigenvalue weighted by Gasteiger charge is 2.33. The molecule has 2 rings (SSSR count). The van der Waals surface area contributed by atoms with E-state index in [-0.39, 0.29) is 11.5 Å². The van der Waals surface area contributed by atoms with Crippen LogP contribution in [0.4, 0.5) is 4.79 Å². The molecule has 0 aliphatic carbocycles. The van der Waals surface area contributed by atoms with Gasteiger partial charge in [-0.1, -0.05) is 0 Å². The molecule has 0 saturated heterocycles. The second kappa shape index (κ2) is 2.07. The molecule has 60 valence electrons. The number of amides is 3. The molecule has 0 spiro atoms. The van der Waals surface area contributed by atoms with E-state index in [1.807, 2.05) is 0 Å². The molecule has 2 aliphatic heterocycles. The van der Waals surface area contributed by atoms with Crippen molar-refractivity contribution in [3.05, 3.63) is 0 Å². The summed E-state index contributed by atoms with van der Waals surface area (Å²) < 4.78 is 0. The molecule has 12 heavy (non-hydrogen) atoms. The van der Waals surface area contributed by atoms with Gasteiger partial charge in [0.05, 0.1) is 0 Å². The maximum atomic E-state index is 11.0. The first-order chi connectivity index (χ1) is 5.70. The average Bonchev–Trinajstić information content (AvgIpc) is 2.32. The zero-order valence-corrected chi connectivity index (χ0v) is 6.18. The fraction of sp³-hybridized carbons (Fsp3) is 0.167. The highest BCUT2D eigenvalue weighted by Crippen LogP contribution is 2.08. The lowest BCUT2D eigenvalue weighted by Gasteiger charge is -2.08.